The molecule has 0 aliphatic heterocycles. The summed E-state index contributed by atoms with van der Waals surface area (Å²) in [6.45, 7) is 4.93. The maximum atomic E-state index is 12.2. The van der Waals surface area contributed by atoms with Gasteiger partial charge < -0.3 is 10.1 Å². The van der Waals surface area contributed by atoms with E-state index in [2.05, 4.69) is 29.2 Å². The third kappa shape index (κ3) is 2.45. The van der Waals surface area contributed by atoms with Gasteiger partial charge >= 0.3 is 0 Å². The van der Waals surface area contributed by atoms with Crippen LogP contribution >= 0.6 is 11.3 Å². The third-order valence-corrected chi connectivity index (χ3v) is 6.38. The molecule has 130 valence electrons. The molecule has 6 nitrogen and oxygen atoms in total. The van der Waals surface area contributed by atoms with Gasteiger partial charge in [0.15, 0.2) is 0 Å². The fraction of sp³-hybridized carbons (Fsp3) is 0.706. The summed E-state index contributed by atoms with van der Waals surface area (Å²) in [7, 11) is 0. The molecule has 2 aliphatic carbocycles. The summed E-state index contributed by atoms with van der Waals surface area (Å²) in [4.78, 5) is 17.5. The zero-order valence-corrected chi connectivity index (χ0v) is 15.1. The number of anilines is 1. The van der Waals surface area contributed by atoms with Crippen molar-refractivity contribution in [1.82, 2.24) is 14.6 Å². The molecule has 2 heterocycles. The van der Waals surface area contributed by atoms with E-state index in [1.54, 1.807) is 6.07 Å². The van der Waals surface area contributed by atoms with Crippen molar-refractivity contribution in [3.63, 3.8) is 0 Å². The lowest BCUT2D eigenvalue weighted by atomic mass is 9.51. The standard InChI is InChI=1S/C17H24N4O2S/c1-3-6-11-9-14(22)21-16(18-11)24-15(20-21)19-12-10-13(23-4-2)17(12)7-5-8-17/h9,12-13H,3-8,10H2,1-2H3,(H,19,20). The van der Waals surface area contributed by atoms with E-state index in [0.717, 1.165) is 36.7 Å². The summed E-state index contributed by atoms with van der Waals surface area (Å²) in [6, 6.07) is 2.00. The van der Waals surface area contributed by atoms with Crippen LogP contribution in [0.15, 0.2) is 10.9 Å². The third-order valence-electron chi connectivity index (χ3n) is 5.54. The van der Waals surface area contributed by atoms with Crippen molar-refractivity contribution in [1.29, 1.82) is 0 Å². The Kier molecular flexibility index (Phi) is 4.08. The zero-order chi connectivity index (χ0) is 16.7. The number of hydrogen-bond donors (Lipinski definition) is 1. The molecule has 2 aliphatic rings. The Morgan fingerprint density at radius 2 is 2.29 bits per heavy atom. The molecule has 24 heavy (non-hydrogen) atoms. The fourth-order valence-corrected chi connectivity index (χ4v) is 4.97. The Labute approximate surface area is 145 Å². The predicted molar refractivity (Wildman–Crippen MR) is 94.9 cm³/mol. The summed E-state index contributed by atoms with van der Waals surface area (Å²) < 4.78 is 7.31. The average Bonchev–Trinajstić information content (AvgIpc) is 2.88. The van der Waals surface area contributed by atoms with E-state index in [4.69, 9.17) is 4.74 Å². The van der Waals surface area contributed by atoms with E-state index in [-0.39, 0.29) is 11.0 Å². The molecule has 2 saturated carbocycles. The minimum Gasteiger partial charge on any atom is -0.378 e. The van der Waals surface area contributed by atoms with Gasteiger partial charge in [-0.1, -0.05) is 31.1 Å². The van der Waals surface area contributed by atoms with Crippen LogP contribution < -0.4 is 10.9 Å². The smallest absolute Gasteiger partial charge is 0.275 e. The van der Waals surface area contributed by atoms with Crippen LogP contribution in [0.5, 0.6) is 0 Å². The normalized spacial score (nSPS) is 24.8. The van der Waals surface area contributed by atoms with Gasteiger partial charge in [0, 0.05) is 29.8 Å². The van der Waals surface area contributed by atoms with Crippen LogP contribution in [-0.4, -0.2) is 33.4 Å². The van der Waals surface area contributed by atoms with Crippen molar-refractivity contribution >= 4 is 21.4 Å². The first kappa shape index (κ1) is 16.0. The molecule has 2 fully saturated rings. The molecule has 2 unspecified atom stereocenters. The van der Waals surface area contributed by atoms with Gasteiger partial charge in [0.05, 0.1) is 6.10 Å². The van der Waals surface area contributed by atoms with Crippen LogP contribution in [0.4, 0.5) is 5.13 Å². The van der Waals surface area contributed by atoms with E-state index >= 15 is 0 Å². The first-order chi connectivity index (χ1) is 11.7. The van der Waals surface area contributed by atoms with Crippen molar-refractivity contribution < 1.29 is 4.74 Å². The predicted octanol–water partition coefficient (Wildman–Crippen LogP) is 2.86. The van der Waals surface area contributed by atoms with Gasteiger partial charge in [-0.3, -0.25) is 4.79 Å². The quantitative estimate of drug-likeness (QED) is 0.869. The molecule has 0 aromatic carbocycles. The molecular weight excluding hydrogens is 324 g/mol. The second kappa shape index (κ2) is 6.11. The van der Waals surface area contributed by atoms with Gasteiger partial charge in [-0.2, -0.15) is 4.52 Å². The maximum Gasteiger partial charge on any atom is 0.275 e. The number of nitrogens with one attached hydrogen (secondary N) is 1. The Morgan fingerprint density at radius 3 is 2.96 bits per heavy atom. The fourth-order valence-electron chi connectivity index (χ4n) is 4.09. The molecule has 7 heteroatoms. The van der Waals surface area contributed by atoms with Gasteiger partial charge in [0.2, 0.25) is 10.1 Å². The molecule has 1 N–H and O–H groups in total. The summed E-state index contributed by atoms with van der Waals surface area (Å²) in [5.41, 5.74) is 1.04. The van der Waals surface area contributed by atoms with E-state index < -0.39 is 0 Å². The number of aryl methyl sites for hydroxylation is 1. The van der Waals surface area contributed by atoms with Gasteiger partial charge in [0.1, 0.15) is 0 Å². The van der Waals surface area contributed by atoms with E-state index in [9.17, 15) is 4.79 Å². The lowest BCUT2D eigenvalue weighted by Gasteiger charge is -2.60. The molecule has 4 rings (SSSR count). The van der Waals surface area contributed by atoms with Crippen LogP contribution in [-0.2, 0) is 11.2 Å². The minimum atomic E-state index is -0.0908. The van der Waals surface area contributed by atoms with Crippen LogP contribution in [0, 0.1) is 5.41 Å². The van der Waals surface area contributed by atoms with Gasteiger partial charge in [0.25, 0.3) is 5.56 Å². The Balaban J connectivity index is 1.55. The summed E-state index contributed by atoms with van der Waals surface area (Å²) in [5.74, 6) is 0. The zero-order valence-electron chi connectivity index (χ0n) is 14.2. The Hall–Kier alpha value is -1.47. The molecule has 0 radical (unpaired) electrons. The van der Waals surface area contributed by atoms with Gasteiger partial charge in [-0.15, -0.1) is 5.10 Å². The molecule has 0 bridgehead atoms. The monoisotopic (exact) mass is 348 g/mol. The number of fused-ring (bicyclic) bond motifs is 1. The summed E-state index contributed by atoms with van der Waals surface area (Å²) in [5, 5.41) is 8.79. The van der Waals surface area contributed by atoms with Crippen molar-refractivity contribution in [3.05, 3.63) is 22.1 Å². The number of aromatic nitrogens is 3. The molecule has 0 amide bonds. The first-order valence-corrected chi connectivity index (χ1v) is 9.76. The van der Waals surface area contributed by atoms with E-state index in [1.165, 1.54) is 35.1 Å². The van der Waals surface area contributed by atoms with Gasteiger partial charge in [-0.25, -0.2) is 4.98 Å². The maximum absolute atomic E-state index is 12.2. The number of nitrogens with zero attached hydrogens (tertiary/aromatic N) is 3. The summed E-state index contributed by atoms with van der Waals surface area (Å²) in [6.07, 6.45) is 6.93. The summed E-state index contributed by atoms with van der Waals surface area (Å²) >= 11 is 1.47. The van der Waals surface area contributed by atoms with Crippen molar-refractivity contribution in [2.24, 2.45) is 5.41 Å². The molecule has 2 atom stereocenters. The Bertz CT molecular complexity index is 795. The van der Waals surface area contributed by atoms with Crippen LogP contribution in [0.1, 0.15) is 51.6 Å². The highest BCUT2D eigenvalue weighted by molar-refractivity contribution is 7.20. The van der Waals surface area contributed by atoms with E-state index in [0.29, 0.717) is 17.1 Å². The van der Waals surface area contributed by atoms with Crippen LogP contribution in [0.25, 0.3) is 4.96 Å². The van der Waals surface area contributed by atoms with Gasteiger partial charge in [-0.05, 0) is 32.6 Å². The lowest BCUT2D eigenvalue weighted by Crippen LogP contribution is -2.64. The molecule has 2 aromatic heterocycles. The highest BCUT2D eigenvalue weighted by Gasteiger charge is 2.59. The van der Waals surface area contributed by atoms with Crippen LogP contribution in [0.3, 0.4) is 0 Å². The second-order valence-corrected chi connectivity index (χ2v) is 7.86. The first-order valence-electron chi connectivity index (χ1n) is 8.94. The largest absolute Gasteiger partial charge is 0.378 e. The Morgan fingerprint density at radius 1 is 1.46 bits per heavy atom. The molecular formula is C17H24N4O2S. The molecule has 1 spiro atoms. The topological polar surface area (TPSA) is 68.5 Å². The van der Waals surface area contributed by atoms with Crippen molar-refractivity contribution in [2.45, 2.75) is 64.5 Å². The highest BCUT2D eigenvalue weighted by atomic mass is 32.1. The average molecular weight is 348 g/mol. The highest BCUT2D eigenvalue weighted by Crippen LogP contribution is 2.58. The lowest BCUT2D eigenvalue weighted by molar-refractivity contribution is -0.157. The van der Waals surface area contributed by atoms with E-state index in [1.807, 2.05) is 0 Å². The number of hydrogen-bond acceptors (Lipinski definition) is 6. The number of ether oxygens (including phenoxy) is 1. The molecule has 0 saturated heterocycles. The second-order valence-electron chi connectivity index (χ2n) is 6.90. The van der Waals surface area contributed by atoms with Crippen molar-refractivity contribution in [2.75, 3.05) is 11.9 Å². The minimum absolute atomic E-state index is 0.0908. The van der Waals surface area contributed by atoms with Crippen LogP contribution in [0.2, 0.25) is 0 Å². The number of rotatable bonds is 6. The van der Waals surface area contributed by atoms with Crippen molar-refractivity contribution in [3.8, 4) is 0 Å². The SMILES string of the molecule is CCCc1cc(=O)n2nc(NC3CC(OCC)C34CCC4)sc2n1. The molecule has 2 aromatic rings.